The standard InChI is InChI=1S/C9H16O3.C8H15NO2/c1-2-12-8(10)7-9(11)5-3-4-6-9;1-9-7(10)6-8(11)4-2-3-5-8/h11H,2-7H2,1H3;11H,2-6H2,1H3,(H,9,10). The Balaban J connectivity index is 0.000000231. The number of carbonyl (C=O) groups excluding carboxylic acids is 2. The quantitative estimate of drug-likeness (QED) is 0.667. The molecule has 0 spiro atoms. The van der Waals surface area contributed by atoms with Crippen molar-refractivity contribution in [1.82, 2.24) is 5.32 Å². The van der Waals surface area contributed by atoms with Crippen LogP contribution >= 0.6 is 0 Å². The van der Waals surface area contributed by atoms with Crippen LogP contribution in [0, 0.1) is 0 Å². The zero-order valence-electron chi connectivity index (χ0n) is 14.4. The van der Waals surface area contributed by atoms with Crippen LogP contribution in [-0.2, 0) is 14.3 Å². The predicted octanol–water partition coefficient (Wildman–Crippen LogP) is 1.67. The second kappa shape index (κ2) is 9.23. The third kappa shape index (κ3) is 7.31. The number of hydrogen-bond acceptors (Lipinski definition) is 5. The van der Waals surface area contributed by atoms with E-state index < -0.39 is 11.2 Å². The Kier molecular flexibility index (Phi) is 7.99. The highest BCUT2D eigenvalue weighted by Crippen LogP contribution is 2.32. The normalized spacial score (nSPS) is 21.2. The number of esters is 1. The third-order valence-electron chi connectivity index (χ3n) is 4.62. The number of amides is 1. The summed E-state index contributed by atoms with van der Waals surface area (Å²) in [4.78, 5) is 21.9. The van der Waals surface area contributed by atoms with Gasteiger partial charge in [-0.15, -0.1) is 0 Å². The topological polar surface area (TPSA) is 95.9 Å². The summed E-state index contributed by atoms with van der Waals surface area (Å²) in [6.07, 6.45) is 7.62. The van der Waals surface area contributed by atoms with Gasteiger partial charge in [0.2, 0.25) is 5.91 Å². The first kappa shape index (κ1) is 19.9. The third-order valence-corrected chi connectivity index (χ3v) is 4.62. The molecule has 6 heteroatoms. The van der Waals surface area contributed by atoms with Crippen LogP contribution in [0.3, 0.4) is 0 Å². The Labute approximate surface area is 138 Å². The fourth-order valence-electron chi connectivity index (χ4n) is 3.29. The minimum atomic E-state index is -0.758. The van der Waals surface area contributed by atoms with Crippen molar-refractivity contribution in [3.8, 4) is 0 Å². The second-order valence-electron chi connectivity index (χ2n) is 6.69. The van der Waals surface area contributed by atoms with Crippen LogP contribution in [0.2, 0.25) is 0 Å². The van der Waals surface area contributed by atoms with Crippen LogP contribution < -0.4 is 5.32 Å². The van der Waals surface area contributed by atoms with Crippen molar-refractivity contribution in [2.75, 3.05) is 13.7 Å². The number of carbonyl (C=O) groups is 2. The molecule has 0 aromatic carbocycles. The predicted molar refractivity (Wildman–Crippen MR) is 86.8 cm³/mol. The summed E-state index contributed by atoms with van der Waals surface area (Å²) in [6, 6.07) is 0. The average molecular weight is 329 g/mol. The van der Waals surface area contributed by atoms with Gasteiger partial charge in [-0.1, -0.05) is 25.7 Å². The van der Waals surface area contributed by atoms with Gasteiger partial charge in [-0.3, -0.25) is 9.59 Å². The fourth-order valence-corrected chi connectivity index (χ4v) is 3.29. The van der Waals surface area contributed by atoms with Crippen LogP contribution in [0.5, 0.6) is 0 Å². The van der Waals surface area contributed by atoms with Crippen molar-refractivity contribution in [2.24, 2.45) is 0 Å². The van der Waals surface area contributed by atoms with E-state index >= 15 is 0 Å². The van der Waals surface area contributed by atoms with Crippen molar-refractivity contribution in [1.29, 1.82) is 0 Å². The van der Waals surface area contributed by atoms with Crippen LogP contribution in [0.25, 0.3) is 0 Å². The molecule has 2 rings (SSSR count). The van der Waals surface area contributed by atoms with Crippen molar-refractivity contribution in [3.05, 3.63) is 0 Å². The number of ether oxygens (including phenoxy) is 1. The van der Waals surface area contributed by atoms with Crippen LogP contribution in [0.4, 0.5) is 0 Å². The van der Waals surface area contributed by atoms with Crippen molar-refractivity contribution < 1.29 is 24.5 Å². The van der Waals surface area contributed by atoms with Gasteiger partial charge in [-0.2, -0.15) is 0 Å². The molecule has 2 aliphatic carbocycles. The number of nitrogens with one attached hydrogen (secondary N) is 1. The number of rotatable bonds is 5. The van der Waals surface area contributed by atoms with Crippen molar-refractivity contribution in [2.45, 2.75) is 82.3 Å². The Hall–Kier alpha value is -1.14. The molecule has 0 heterocycles. The Morgan fingerprint density at radius 2 is 1.39 bits per heavy atom. The molecular formula is C17H31NO5. The molecule has 2 fully saturated rings. The molecule has 3 N–H and O–H groups in total. The Bertz CT molecular complexity index is 384. The number of aliphatic hydroxyl groups is 2. The van der Waals surface area contributed by atoms with E-state index in [2.05, 4.69) is 5.32 Å². The van der Waals surface area contributed by atoms with Gasteiger partial charge in [-0.25, -0.2) is 0 Å². The largest absolute Gasteiger partial charge is 0.466 e. The molecule has 1 amide bonds. The van der Waals surface area contributed by atoms with Gasteiger partial charge in [0.05, 0.1) is 30.7 Å². The lowest BCUT2D eigenvalue weighted by molar-refractivity contribution is -0.148. The fraction of sp³-hybridized carbons (Fsp3) is 0.882. The smallest absolute Gasteiger partial charge is 0.308 e. The van der Waals surface area contributed by atoms with E-state index in [-0.39, 0.29) is 24.7 Å². The Morgan fingerprint density at radius 1 is 0.957 bits per heavy atom. The first-order valence-corrected chi connectivity index (χ1v) is 8.63. The summed E-state index contributed by atoms with van der Waals surface area (Å²) in [6.45, 7) is 2.17. The zero-order chi connectivity index (χ0) is 17.3. The maximum Gasteiger partial charge on any atom is 0.308 e. The lowest BCUT2D eigenvalue weighted by Gasteiger charge is -2.20. The van der Waals surface area contributed by atoms with Crippen molar-refractivity contribution in [3.63, 3.8) is 0 Å². The van der Waals surface area contributed by atoms with Gasteiger partial charge in [-0.05, 0) is 32.6 Å². The molecule has 0 aliphatic heterocycles. The molecule has 0 aromatic rings. The summed E-state index contributed by atoms with van der Waals surface area (Å²) < 4.78 is 4.77. The summed E-state index contributed by atoms with van der Waals surface area (Å²) in [7, 11) is 1.60. The van der Waals surface area contributed by atoms with Gasteiger partial charge in [0.1, 0.15) is 0 Å². The molecule has 0 bridgehead atoms. The SMILES string of the molecule is CCOC(=O)CC1(O)CCCC1.CNC(=O)CC1(O)CCCC1. The molecule has 2 aliphatic rings. The summed E-state index contributed by atoms with van der Waals surface area (Å²) >= 11 is 0. The highest BCUT2D eigenvalue weighted by molar-refractivity contribution is 5.76. The molecule has 0 saturated heterocycles. The van der Waals surface area contributed by atoms with Gasteiger partial charge in [0.25, 0.3) is 0 Å². The van der Waals surface area contributed by atoms with Crippen molar-refractivity contribution >= 4 is 11.9 Å². The highest BCUT2D eigenvalue weighted by Gasteiger charge is 2.34. The minimum Gasteiger partial charge on any atom is -0.466 e. The monoisotopic (exact) mass is 329 g/mol. The molecule has 134 valence electrons. The lowest BCUT2D eigenvalue weighted by atomic mass is 9.98. The first-order valence-electron chi connectivity index (χ1n) is 8.63. The lowest BCUT2D eigenvalue weighted by Crippen LogP contribution is -2.32. The first-order chi connectivity index (χ1) is 10.8. The molecule has 0 aromatic heterocycles. The molecule has 23 heavy (non-hydrogen) atoms. The maximum absolute atomic E-state index is 11.0. The molecule has 6 nitrogen and oxygen atoms in total. The molecular weight excluding hydrogens is 298 g/mol. The van der Waals surface area contributed by atoms with Gasteiger partial charge in [0.15, 0.2) is 0 Å². The summed E-state index contributed by atoms with van der Waals surface area (Å²) in [5.74, 6) is -0.337. The molecule has 0 atom stereocenters. The van der Waals surface area contributed by atoms with Crippen LogP contribution in [-0.4, -0.2) is 46.9 Å². The van der Waals surface area contributed by atoms with E-state index in [9.17, 15) is 19.8 Å². The minimum absolute atomic E-state index is 0.0607. The average Bonchev–Trinajstić information content (AvgIpc) is 3.09. The zero-order valence-corrected chi connectivity index (χ0v) is 14.4. The van der Waals surface area contributed by atoms with E-state index in [1.165, 1.54) is 0 Å². The second-order valence-corrected chi connectivity index (χ2v) is 6.69. The summed E-state index contributed by atoms with van der Waals surface area (Å²) in [5.41, 5.74) is -1.45. The highest BCUT2D eigenvalue weighted by atomic mass is 16.5. The van der Waals surface area contributed by atoms with E-state index in [0.29, 0.717) is 6.61 Å². The van der Waals surface area contributed by atoms with E-state index in [4.69, 9.17) is 4.74 Å². The molecule has 2 saturated carbocycles. The van der Waals surface area contributed by atoms with Gasteiger partial charge in [0, 0.05) is 7.05 Å². The van der Waals surface area contributed by atoms with E-state index in [0.717, 1.165) is 51.4 Å². The maximum atomic E-state index is 11.0. The molecule has 0 unspecified atom stereocenters. The van der Waals surface area contributed by atoms with Gasteiger partial charge < -0.3 is 20.3 Å². The van der Waals surface area contributed by atoms with E-state index in [1.807, 2.05) is 0 Å². The van der Waals surface area contributed by atoms with Gasteiger partial charge >= 0.3 is 5.97 Å². The van der Waals surface area contributed by atoms with Crippen LogP contribution in [0.1, 0.15) is 71.1 Å². The van der Waals surface area contributed by atoms with Crippen LogP contribution in [0.15, 0.2) is 0 Å². The Morgan fingerprint density at radius 3 is 1.78 bits per heavy atom. The molecule has 0 radical (unpaired) electrons. The summed E-state index contributed by atoms with van der Waals surface area (Å²) in [5, 5.41) is 22.0. The van der Waals surface area contributed by atoms with E-state index in [1.54, 1.807) is 14.0 Å². The number of hydrogen-bond donors (Lipinski definition) is 3.